The van der Waals surface area contributed by atoms with Crippen LogP contribution in [0.2, 0.25) is 0 Å². The standard InChI is InChI=1S/C19H18N2O4S3/c1-13(17(22)20-15-10-11-28(24,25)12-15)21-18(23)16(27-19(21)26)9-5-8-14-6-3-2-4-7-14/h2-11,13,15H,12H2,1H3,(H,20,22)/b8-5+,16-9-/t13-,15-/m1/s1. The topological polar surface area (TPSA) is 83.6 Å². The molecule has 146 valence electrons. The molecule has 2 heterocycles. The molecule has 0 aromatic heterocycles. The predicted octanol–water partition coefficient (Wildman–Crippen LogP) is 2.26. The number of rotatable bonds is 5. The van der Waals surface area contributed by atoms with E-state index in [4.69, 9.17) is 12.2 Å². The third kappa shape index (κ3) is 4.78. The molecule has 1 fully saturated rings. The molecule has 2 aliphatic heterocycles. The van der Waals surface area contributed by atoms with Crippen LogP contribution in [-0.4, -0.2) is 47.3 Å². The van der Waals surface area contributed by atoms with Crippen molar-refractivity contribution in [2.24, 2.45) is 0 Å². The Morgan fingerprint density at radius 3 is 2.71 bits per heavy atom. The van der Waals surface area contributed by atoms with E-state index in [1.807, 2.05) is 36.4 Å². The molecule has 1 saturated heterocycles. The highest BCUT2D eigenvalue weighted by Crippen LogP contribution is 2.32. The van der Waals surface area contributed by atoms with E-state index in [-0.39, 0.29) is 11.7 Å². The summed E-state index contributed by atoms with van der Waals surface area (Å²) in [6.45, 7) is 1.57. The van der Waals surface area contributed by atoms with Crippen LogP contribution in [0.15, 0.2) is 58.9 Å². The molecule has 2 amide bonds. The summed E-state index contributed by atoms with van der Waals surface area (Å²) in [5, 5.41) is 3.72. The van der Waals surface area contributed by atoms with Gasteiger partial charge in [-0.25, -0.2) is 8.42 Å². The normalized spacial score (nSPS) is 23.7. The van der Waals surface area contributed by atoms with E-state index < -0.39 is 27.8 Å². The van der Waals surface area contributed by atoms with Gasteiger partial charge in [0.2, 0.25) is 5.91 Å². The maximum Gasteiger partial charge on any atom is 0.266 e. The van der Waals surface area contributed by atoms with Gasteiger partial charge >= 0.3 is 0 Å². The molecule has 0 unspecified atom stereocenters. The van der Waals surface area contributed by atoms with Crippen LogP contribution < -0.4 is 5.32 Å². The first-order valence-electron chi connectivity index (χ1n) is 8.47. The fourth-order valence-electron chi connectivity index (χ4n) is 2.72. The maximum atomic E-state index is 12.7. The number of carbonyl (C=O) groups excluding carboxylic acids is 2. The summed E-state index contributed by atoms with van der Waals surface area (Å²) in [6.07, 6.45) is 6.73. The van der Waals surface area contributed by atoms with E-state index in [0.29, 0.717) is 9.23 Å². The van der Waals surface area contributed by atoms with Crippen molar-refractivity contribution in [3.8, 4) is 0 Å². The minimum atomic E-state index is -3.27. The minimum Gasteiger partial charge on any atom is -0.347 e. The number of amides is 2. The van der Waals surface area contributed by atoms with Crippen LogP contribution in [0, 0.1) is 0 Å². The van der Waals surface area contributed by atoms with Gasteiger partial charge in [-0.05, 0) is 24.6 Å². The zero-order valence-electron chi connectivity index (χ0n) is 14.9. The molecule has 0 bridgehead atoms. The molecular weight excluding hydrogens is 416 g/mol. The molecule has 6 nitrogen and oxygen atoms in total. The SMILES string of the molecule is C[C@H](C(=O)N[C@@H]1C=CS(=O)(=O)C1)N1C(=O)/C(=C/C=C/c2ccccc2)SC1=S. The Kier molecular flexibility index (Phi) is 6.17. The Labute approximate surface area is 173 Å². The van der Waals surface area contributed by atoms with Gasteiger partial charge in [-0.15, -0.1) is 0 Å². The zero-order chi connectivity index (χ0) is 20.3. The zero-order valence-corrected chi connectivity index (χ0v) is 17.4. The number of carbonyl (C=O) groups is 2. The summed E-state index contributed by atoms with van der Waals surface area (Å²) in [6, 6.07) is 8.22. The Balaban J connectivity index is 1.65. The van der Waals surface area contributed by atoms with Crippen LogP contribution in [-0.2, 0) is 19.4 Å². The highest BCUT2D eigenvalue weighted by Gasteiger charge is 2.38. The quantitative estimate of drug-likeness (QED) is 0.565. The Morgan fingerprint density at radius 2 is 2.07 bits per heavy atom. The summed E-state index contributed by atoms with van der Waals surface area (Å²) in [7, 11) is -3.27. The number of nitrogens with one attached hydrogen (secondary N) is 1. The molecule has 9 heteroatoms. The van der Waals surface area contributed by atoms with Crippen LogP contribution in [0.25, 0.3) is 6.08 Å². The van der Waals surface area contributed by atoms with Crippen molar-refractivity contribution < 1.29 is 18.0 Å². The first-order valence-corrected chi connectivity index (χ1v) is 11.4. The number of thioether (sulfide) groups is 1. The van der Waals surface area contributed by atoms with Crippen molar-refractivity contribution in [2.45, 2.75) is 19.0 Å². The van der Waals surface area contributed by atoms with E-state index in [2.05, 4.69) is 5.32 Å². The lowest BCUT2D eigenvalue weighted by Gasteiger charge is -2.23. The molecule has 1 N–H and O–H groups in total. The Morgan fingerprint density at radius 1 is 1.36 bits per heavy atom. The van der Waals surface area contributed by atoms with Gasteiger partial charge < -0.3 is 5.32 Å². The van der Waals surface area contributed by atoms with Gasteiger partial charge in [-0.2, -0.15) is 0 Å². The molecular formula is C19H18N2O4S3. The third-order valence-corrected chi connectivity index (χ3v) is 6.93. The van der Waals surface area contributed by atoms with E-state index in [9.17, 15) is 18.0 Å². The number of hydrogen-bond acceptors (Lipinski definition) is 6. The lowest BCUT2D eigenvalue weighted by Crippen LogP contribution is -2.49. The maximum absolute atomic E-state index is 12.7. The second-order valence-electron chi connectivity index (χ2n) is 6.29. The fourth-order valence-corrected chi connectivity index (χ4v) is 5.33. The fraction of sp³-hybridized carbons (Fsp3) is 0.211. The van der Waals surface area contributed by atoms with E-state index in [1.54, 1.807) is 19.1 Å². The largest absolute Gasteiger partial charge is 0.347 e. The van der Waals surface area contributed by atoms with Crippen LogP contribution >= 0.6 is 24.0 Å². The van der Waals surface area contributed by atoms with Crippen molar-refractivity contribution in [1.29, 1.82) is 0 Å². The molecule has 0 spiro atoms. The van der Waals surface area contributed by atoms with Crippen LogP contribution in [0.3, 0.4) is 0 Å². The molecule has 0 aliphatic carbocycles. The van der Waals surface area contributed by atoms with Gasteiger partial charge in [-0.3, -0.25) is 14.5 Å². The van der Waals surface area contributed by atoms with E-state index in [0.717, 1.165) is 22.7 Å². The monoisotopic (exact) mass is 434 g/mol. The first kappa shape index (κ1) is 20.5. The second kappa shape index (κ2) is 8.42. The predicted molar refractivity (Wildman–Crippen MR) is 115 cm³/mol. The smallest absolute Gasteiger partial charge is 0.266 e. The Bertz CT molecular complexity index is 997. The highest BCUT2D eigenvalue weighted by atomic mass is 32.2. The van der Waals surface area contributed by atoms with Gasteiger partial charge in [0.05, 0.1) is 16.7 Å². The van der Waals surface area contributed by atoms with E-state index in [1.165, 1.54) is 11.0 Å². The lowest BCUT2D eigenvalue weighted by atomic mass is 10.2. The average molecular weight is 435 g/mol. The van der Waals surface area contributed by atoms with Crippen molar-refractivity contribution >= 4 is 56.0 Å². The number of benzene rings is 1. The van der Waals surface area contributed by atoms with Crippen molar-refractivity contribution in [3.63, 3.8) is 0 Å². The minimum absolute atomic E-state index is 0.173. The Hall–Kier alpha value is -2.23. The summed E-state index contributed by atoms with van der Waals surface area (Å²) in [5.41, 5.74) is 1.00. The van der Waals surface area contributed by atoms with Crippen LogP contribution in [0.5, 0.6) is 0 Å². The summed E-state index contributed by atoms with van der Waals surface area (Å²) in [5.74, 6) is -0.970. The van der Waals surface area contributed by atoms with Gasteiger partial charge in [0, 0.05) is 5.41 Å². The number of thiocarbonyl (C=S) groups is 1. The summed E-state index contributed by atoms with van der Waals surface area (Å²) in [4.78, 5) is 26.8. The molecule has 2 aliphatic rings. The molecule has 0 radical (unpaired) electrons. The van der Waals surface area contributed by atoms with Gasteiger partial charge in [0.15, 0.2) is 9.84 Å². The van der Waals surface area contributed by atoms with Crippen LogP contribution in [0.4, 0.5) is 0 Å². The summed E-state index contributed by atoms with van der Waals surface area (Å²) >= 11 is 6.40. The molecule has 0 saturated carbocycles. The van der Waals surface area contributed by atoms with Crippen molar-refractivity contribution in [2.75, 3.05) is 5.75 Å². The molecule has 3 rings (SSSR count). The lowest BCUT2D eigenvalue weighted by molar-refractivity contribution is -0.132. The van der Waals surface area contributed by atoms with E-state index >= 15 is 0 Å². The number of nitrogens with zero attached hydrogens (tertiary/aromatic N) is 1. The molecule has 2 atom stereocenters. The van der Waals surface area contributed by atoms with Crippen molar-refractivity contribution in [1.82, 2.24) is 10.2 Å². The third-order valence-electron chi connectivity index (χ3n) is 4.18. The average Bonchev–Trinajstić information content (AvgIpc) is 3.13. The number of allylic oxidation sites excluding steroid dienone is 2. The highest BCUT2D eigenvalue weighted by molar-refractivity contribution is 8.26. The summed E-state index contributed by atoms with van der Waals surface area (Å²) < 4.78 is 23.2. The van der Waals surface area contributed by atoms with Gasteiger partial charge in [-0.1, -0.05) is 66.5 Å². The van der Waals surface area contributed by atoms with Gasteiger partial charge in [0.1, 0.15) is 10.4 Å². The molecule has 1 aromatic carbocycles. The molecule has 1 aromatic rings. The second-order valence-corrected chi connectivity index (χ2v) is 9.90. The number of hydrogen-bond donors (Lipinski definition) is 1. The number of sulfone groups is 1. The van der Waals surface area contributed by atoms with Crippen LogP contribution in [0.1, 0.15) is 12.5 Å². The van der Waals surface area contributed by atoms with Crippen molar-refractivity contribution in [3.05, 3.63) is 64.4 Å². The van der Waals surface area contributed by atoms with Gasteiger partial charge in [0.25, 0.3) is 5.91 Å². The molecule has 28 heavy (non-hydrogen) atoms. The first-order chi connectivity index (χ1) is 13.3.